The fourth-order valence-electron chi connectivity index (χ4n) is 1.81. The van der Waals surface area contributed by atoms with Gasteiger partial charge in [-0.25, -0.2) is 0 Å². The first-order valence-electron chi connectivity index (χ1n) is 6.12. The first kappa shape index (κ1) is 14.9. The Morgan fingerprint density at radius 2 is 2.15 bits per heavy atom. The largest absolute Gasteiger partial charge is 0.492 e. The van der Waals surface area contributed by atoms with Crippen molar-refractivity contribution in [2.24, 2.45) is 0 Å². The van der Waals surface area contributed by atoms with Gasteiger partial charge < -0.3 is 9.47 Å². The molecule has 0 saturated heterocycles. The first-order chi connectivity index (χ1) is 9.60. The number of ether oxygens (including phenoxy) is 2. The smallest absolute Gasteiger partial charge is 0.317 e. The second-order valence-electron chi connectivity index (χ2n) is 4.35. The van der Waals surface area contributed by atoms with Crippen molar-refractivity contribution in [3.8, 4) is 5.75 Å². The van der Waals surface area contributed by atoms with Gasteiger partial charge in [0.25, 0.3) is 0 Å². The number of halogens is 1. The highest BCUT2D eigenvalue weighted by Gasteiger charge is 2.24. The molecule has 5 heteroatoms. The van der Waals surface area contributed by atoms with Gasteiger partial charge in [0, 0.05) is 4.88 Å². The summed E-state index contributed by atoms with van der Waals surface area (Å²) in [5.74, 6) is -0.0456. The number of hydrogen-bond donors (Lipinski definition) is 0. The average Bonchev–Trinajstić information content (AvgIpc) is 2.85. The van der Waals surface area contributed by atoms with Crippen molar-refractivity contribution in [1.82, 2.24) is 0 Å². The number of carbonyl (C=O) groups is 1. The van der Waals surface area contributed by atoms with Crippen LogP contribution < -0.4 is 4.74 Å². The molecule has 0 aliphatic heterocycles. The maximum absolute atomic E-state index is 11.9. The summed E-state index contributed by atoms with van der Waals surface area (Å²) >= 11 is 7.28. The maximum atomic E-state index is 11.9. The quantitative estimate of drug-likeness (QED) is 0.782. The molecule has 0 spiro atoms. The fraction of sp³-hybridized carbons (Fsp3) is 0.267. The van der Waals surface area contributed by atoms with Crippen LogP contribution in [0.4, 0.5) is 0 Å². The third-order valence-electron chi connectivity index (χ3n) is 2.83. The van der Waals surface area contributed by atoms with E-state index < -0.39 is 5.92 Å². The van der Waals surface area contributed by atoms with E-state index in [1.165, 1.54) is 18.4 Å². The summed E-state index contributed by atoms with van der Waals surface area (Å²) in [7, 11) is 1.37. The molecule has 0 radical (unpaired) electrons. The van der Waals surface area contributed by atoms with Gasteiger partial charge in [0.2, 0.25) is 0 Å². The van der Waals surface area contributed by atoms with Gasteiger partial charge in [-0.1, -0.05) is 23.7 Å². The topological polar surface area (TPSA) is 35.5 Å². The van der Waals surface area contributed by atoms with E-state index in [9.17, 15) is 4.79 Å². The molecule has 2 rings (SSSR count). The fourth-order valence-corrected chi connectivity index (χ4v) is 2.94. The van der Waals surface area contributed by atoms with Crippen molar-refractivity contribution in [3.05, 3.63) is 51.2 Å². The van der Waals surface area contributed by atoms with Crippen molar-refractivity contribution in [1.29, 1.82) is 0 Å². The Hall–Kier alpha value is -1.52. The van der Waals surface area contributed by atoms with E-state index in [2.05, 4.69) is 0 Å². The van der Waals surface area contributed by atoms with Crippen LogP contribution in [-0.4, -0.2) is 19.7 Å². The number of methoxy groups -OCH3 is 1. The predicted molar refractivity (Wildman–Crippen MR) is 80.8 cm³/mol. The van der Waals surface area contributed by atoms with E-state index in [0.29, 0.717) is 4.34 Å². The molecule has 1 unspecified atom stereocenters. The lowest BCUT2D eigenvalue weighted by Gasteiger charge is -2.14. The standard InChI is InChI=1S/C15H15ClO3S/c1-10-4-3-5-11(8-10)19-9-12(15(17)18-2)13-6-7-14(16)20-13/h3-8,12H,9H2,1-2H3. The number of aryl methyl sites for hydroxylation is 1. The second-order valence-corrected chi connectivity index (χ2v) is 6.09. The first-order valence-corrected chi connectivity index (χ1v) is 7.32. The van der Waals surface area contributed by atoms with Crippen LogP contribution in [-0.2, 0) is 9.53 Å². The number of carbonyl (C=O) groups excluding carboxylic acids is 1. The van der Waals surface area contributed by atoms with Crippen LogP contribution >= 0.6 is 22.9 Å². The third kappa shape index (κ3) is 3.74. The van der Waals surface area contributed by atoms with E-state index in [1.807, 2.05) is 37.3 Å². The molecule has 0 amide bonds. The van der Waals surface area contributed by atoms with Crippen molar-refractivity contribution in [2.75, 3.05) is 13.7 Å². The van der Waals surface area contributed by atoms with Crippen LogP contribution in [0.1, 0.15) is 16.4 Å². The molecule has 20 heavy (non-hydrogen) atoms. The van der Waals surface area contributed by atoms with E-state index >= 15 is 0 Å². The summed E-state index contributed by atoms with van der Waals surface area (Å²) in [5, 5.41) is 0. The average molecular weight is 311 g/mol. The molecular weight excluding hydrogens is 296 g/mol. The minimum Gasteiger partial charge on any atom is -0.492 e. The van der Waals surface area contributed by atoms with Crippen LogP contribution in [0.2, 0.25) is 4.34 Å². The van der Waals surface area contributed by atoms with Crippen LogP contribution in [0.5, 0.6) is 5.75 Å². The predicted octanol–water partition coefficient (Wildman–Crippen LogP) is 4.05. The van der Waals surface area contributed by atoms with Gasteiger partial charge in [-0.3, -0.25) is 4.79 Å². The lowest BCUT2D eigenvalue weighted by atomic mass is 10.1. The second kappa shape index (κ2) is 6.77. The normalized spacial score (nSPS) is 11.9. The van der Waals surface area contributed by atoms with Gasteiger partial charge in [-0.15, -0.1) is 11.3 Å². The lowest BCUT2D eigenvalue weighted by molar-refractivity contribution is -0.143. The minimum absolute atomic E-state index is 0.229. The number of hydrogen-bond acceptors (Lipinski definition) is 4. The van der Waals surface area contributed by atoms with E-state index in [-0.39, 0.29) is 12.6 Å². The molecular formula is C15H15ClO3S. The number of benzene rings is 1. The molecule has 0 bridgehead atoms. The maximum Gasteiger partial charge on any atom is 0.317 e. The highest BCUT2D eigenvalue weighted by molar-refractivity contribution is 7.16. The molecule has 1 aromatic carbocycles. The van der Waals surface area contributed by atoms with Crippen LogP contribution in [0, 0.1) is 6.92 Å². The number of rotatable bonds is 5. The van der Waals surface area contributed by atoms with E-state index in [1.54, 1.807) is 6.07 Å². The molecule has 0 N–H and O–H groups in total. The van der Waals surface area contributed by atoms with E-state index in [4.69, 9.17) is 21.1 Å². The van der Waals surface area contributed by atoms with Gasteiger partial charge in [-0.05, 0) is 36.8 Å². The molecule has 1 aromatic heterocycles. The Morgan fingerprint density at radius 3 is 2.75 bits per heavy atom. The van der Waals surface area contributed by atoms with Crippen molar-refractivity contribution < 1.29 is 14.3 Å². The molecule has 0 aliphatic carbocycles. The van der Waals surface area contributed by atoms with Crippen LogP contribution in [0.15, 0.2) is 36.4 Å². The summed E-state index contributed by atoms with van der Waals surface area (Å²) in [4.78, 5) is 12.7. The molecule has 2 aromatic rings. The van der Waals surface area contributed by atoms with Gasteiger partial charge in [0.15, 0.2) is 0 Å². The van der Waals surface area contributed by atoms with Gasteiger partial charge in [-0.2, -0.15) is 0 Å². The zero-order valence-corrected chi connectivity index (χ0v) is 12.8. The summed E-state index contributed by atoms with van der Waals surface area (Å²) in [5.41, 5.74) is 1.11. The highest BCUT2D eigenvalue weighted by atomic mass is 35.5. The molecule has 0 saturated carbocycles. The van der Waals surface area contributed by atoms with E-state index in [0.717, 1.165) is 16.2 Å². The van der Waals surface area contributed by atoms with Gasteiger partial charge in [0.1, 0.15) is 18.3 Å². The van der Waals surface area contributed by atoms with Crippen LogP contribution in [0.3, 0.4) is 0 Å². The Kier molecular flexibility index (Phi) is 5.04. The van der Waals surface area contributed by atoms with Crippen molar-refractivity contribution in [3.63, 3.8) is 0 Å². The molecule has 1 atom stereocenters. The molecule has 106 valence electrons. The summed E-state index contributed by atoms with van der Waals surface area (Å²) in [6.45, 7) is 2.22. The molecule has 1 heterocycles. The zero-order valence-electron chi connectivity index (χ0n) is 11.3. The summed E-state index contributed by atoms with van der Waals surface area (Å²) in [6.07, 6.45) is 0. The molecule has 3 nitrogen and oxygen atoms in total. The van der Waals surface area contributed by atoms with Crippen molar-refractivity contribution in [2.45, 2.75) is 12.8 Å². The number of esters is 1. The SMILES string of the molecule is COC(=O)C(COc1cccc(C)c1)c1ccc(Cl)s1. The molecule has 0 aliphatic rings. The Balaban J connectivity index is 2.11. The molecule has 0 fully saturated rings. The third-order valence-corrected chi connectivity index (χ3v) is 4.17. The van der Waals surface area contributed by atoms with Gasteiger partial charge >= 0.3 is 5.97 Å². The van der Waals surface area contributed by atoms with Crippen molar-refractivity contribution >= 4 is 28.9 Å². The Labute approximate surface area is 127 Å². The Morgan fingerprint density at radius 1 is 1.35 bits per heavy atom. The monoisotopic (exact) mass is 310 g/mol. The zero-order chi connectivity index (χ0) is 14.5. The summed E-state index contributed by atoms with van der Waals surface area (Å²) < 4.78 is 11.2. The highest BCUT2D eigenvalue weighted by Crippen LogP contribution is 2.29. The summed E-state index contributed by atoms with van der Waals surface area (Å²) in [6, 6.07) is 11.3. The Bertz CT molecular complexity index is 594. The van der Waals surface area contributed by atoms with Crippen LogP contribution in [0.25, 0.3) is 0 Å². The number of thiophene rings is 1. The van der Waals surface area contributed by atoms with Gasteiger partial charge in [0.05, 0.1) is 11.4 Å². The lowest BCUT2D eigenvalue weighted by Crippen LogP contribution is -2.20. The minimum atomic E-state index is -0.460.